The second kappa shape index (κ2) is 6.99. The standard InChI is InChI=1S/C16H15N5O/c1-3-8-18-16(22)14-9-15(20-11(2)19-14)21-13-6-4-12(10-17)5-7-13/h3-7,9H,1,8H2,2H3,(H,18,22)(H,19,20,21). The molecule has 0 bridgehead atoms. The van der Waals surface area contributed by atoms with Gasteiger partial charge in [-0.1, -0.05) is 6.08 Å². The SMILES string of the molecule is C=CCNC(=O)c1cc(Nc2ccc(C#N)cc2)nc(C)n1. The van der Waals surface area contributed by atoms with E-state index in [0.29, 0.717) is 23.8 Å². The van der Waals surface area contributed by atoms with Gasteiger partial charge in [0.05, 0.1) is 11.6 Å². The Morgan fingerprint density at radius 3 is 2.73 bits per heavy atom. The number of nitrogens with one attached hydrogen (secondary N) is 2. The second-order valence-corrected chi connectivity index (χ2v) is 4.50. The van der Waals surface area contributed by atoms with Crippen LogP contribution in [0.3, 0.4) is 0 Å². The summed E-state index contributed by atoms with van der Waals surface area (Å²) >= 11 is 0. The van der Waals surface area contributed by atoms with Crippen molar-refractivity contribution >= 4 is 17.4 Å². The second-order valence-electron chi connectivity index (χ2n) is 4.50. The first-order valence-corrected chi connectivity index (χ1v) is 6.64. The summed E-state index contributed by atoms with van der Waals surface area (Å²) in [4.78, 5) is 20.3. The molecule has 0 aliphatic heterocycles. The molecule has 110 valence electrons. The highest BCUT2D eigenvalue weighted by Gasteiger charge is 2.09. The van der Waals surface area contributed by atoms with Gasteiger partial charge in [0.15, 0.2) is 0 Å². The largest absolute Gasteiger partial charge is 0.347 e. The summed E-state index contributed by atoms with van der Waals surface area (Å²) in [6.45, 7) is 5.64. The molecule has 22 heavy (non-hydrogen) atoms. The molecule has 1 aromatic carbocycles. The molecule has 0 spiro atoms. The van der Waals surface area contributed by atoms with Gasteiger partial charge in [-0.3, -0.25) is 4.79 Å². The minimum Gasteiger partial charge on any atom is -0.347 e. The number of nitriles is 1. The van der Waals surface area contributed by atoms with Crippen LogP contribution in [0.5, 0.6) is 0 Å². The van der Waals surface area contributed by atoms with Gasteiger partial charge >= 0.3 is 0 Å². The number of hydrogen-bond acceptors (Lipinski definition) is 5. The number of carbonyl (C=O) groups is 1. The van der Waals surface area contributed by atoms with Crippen LogP contribution >= 0.6 is 0 Å². The molecular formula is C16H15N5O. The van der Waals surface area contributed by atoms with Crippen LogP contribution in [0.4, 0.5) is 11.5 Å². The van der Waals surface area contributed by atoms with Gasteiger partial charge in [-0.15, -0.1) is 6.58 Å². The van der Waals surface area contributed by atoms with Gasteiger partial charge in [-0.05, 0) is 31.2 Å². The lowest BCUT2D eigenvalue weighted by Gasteiger charge is -2.08. The van der Waals surface area contributed by atoms with Crippen LogP contribution in [0.25, 0.3) is 0 Å². The Bertz CT molecular complexity index is 731. The molecule has 0 unspecified atom stereocenters. The molecule has 0 saturated carbocycles. The Labute approximate surface area is 128 Å². The van der Waals surface area contributed by atoms with Crippen LogP contribution in [0.2, 0.25) is 0 Å². The quantitative estimate of drug-likeness (QED) is 0.825. The van der Waals surface area contributed by atoms with E-state index in [4.69, 9.17) is 5.26 Å². The first-order valence-electron chi connectivity index (χ1n) is 6.64. The summed E-state index contributed by atoms with van der Waals surface area (Å²) in [5.74, 6) is 0.719. The van der Waals surface area contributed by atoms with Crippen molar-refractivity contribution in [2.24, 2.45) is 0 Å². The Morgan fingerprint density at radius 2 is 2.09 bits per heavy atom. The van der Waals surface area contributed by atoms with Crippen molar-refractivity contribution in [2.75, 3.05) is 11.9 Å². The Morgan fingerprint density at radius 1 is 1.36 bits per heavy atom. The summed E-state index contributed by atoms with van der Waals surface area (Å²) in [5.41, 5.74) is 1.63. The van der Waals surface area contributed by atoms with E-state index >= 15 is 0 Å². The number of aryl methyl sites for hydroxylation is 1. The highest BCUT2D eigenvalue weighted by atomic mass is 16.1. The maximum atomic E-state index is 11.9. The molecule has 2 aromatic rings. The molecule has 0 radical (unpaired) electrons. The van der Waals surface area contributed by atoms with Crippen molar-refractivity contribution < 1.29 is 4.79 Å². The third-order valence-electron chi connectivity index (χ3n) is 2.76. The normalized spacial score (nSPS) is 9.64. The zero-order chi connectivity index (χ0) is 15.9. The first-order chi connectivity index (χ1) is 10.6. The number of carbonyl (C=O) groups excluding carboxylic acids is 1. The van der Waals surface area contributed by atoms with Gasteiger partial charge in [0.1, 0.15) is 17.3 Å². The van der Waals surface area contributed by atoms with Gasteiger partial charge < -0.3 is 10.6 Å². The summed E-state index contributed by atoms with van der Waals surface area (Å²) in [5, 5.41) is 14.5. The summed E-state index contributed by atoms with van der Waals surface area (Å²) in [6, 6.07) is 10.6. The van der Waals surface area contributed by atoms with Crippen molar-refractivity contribution in [2.45, 2.75) is 6.92 Å². The zero-order valence-corrected chi connectivity index (χ0v) is 12.1. The van der Waals surface area contributed by atoms with E-state index in [9.17, 15) is 4.79 Å². The van der Waals surface area contributed by atoms with Crippen LogP contribution in [-0.4, -0.2) is 22.4 Å². The van der Waals surface area contributed by atoms with Crippen LogP contribution in [0.15, 0.2) is 43.0 Å². The van der Waals surface area contributed by atoms with E-state index in [0.717, 1.165) is 5.69 Å². The van der Waals surface area contributed by atoms with Crippen molar-refractivity contribution in [3.63, 3.8) is 0 Å². The van der Waals surface area contributed by atoms with E-state index in [1.165, 1.54) is 0 Å². The molecule has 1 aromatic heterocycles. The summed E-state index contributed by atoms with van der Waals surface area (Å²) in [6.07, 6.45) is 1.60. The number of amides is 1. The van der Waals surface area contributed by atoms with E-state index in [2.05, 4.69) is 33.2 Å². The zero-order valence-electron chi connectivity index (χ0n) is 12.1. The van der Waals surface area contributed by atoms with Crippen molar-refractivity contribution in [3.05, 3.63) is 60.1 Å². The predicted molar refractivity (Wildman–Crippen MR) is 83.7 cm³/mol. The van der Waals surface area contributed by atoms with Crippen LogP contribution in [0.1, 0.15) is 21.9 Å². The molecule has 0 aliphatic carbocycles. The lowest BCUT2D eigenvalue weighted by molar-refractivity contribution is 0.0952. The highest BCUT2D eigenvalue weighted by molar-refractivity contribution is 5.93. The molecule has 0 fully saturated rings. The Balaban J connectivity index is 2.20. The van der Waals surface area contributed by atoms with E-state index < -0.39 is 0 Å². The number of benzene rings is 1. The lowest BCUT2D eigenvalue weighted by Crippen LogP contribution is -2.24. The fourth-order valence-electron chi connectivity index (χ4n) is 1.78. The number of anilines is 2. The third-order valence-corrected chi connectivity index (χ3v) is 2.76. The minimum atomic E-state index is -0.284. The summed E-state index contributed by atoms with van der Waals surface area (Å²) < 4.78 is 0. The molecule has 1 heterocycles. The van der Waals surface area contributed by atoms with E-state index in [1.807, 2.05) is 0 Å². The molecular weight excluding hydrogens is 278 g/mol. The molecule has 0 aliphatic rings. The monoisotopic (exact) mass is 293 g/mol. The maximum absolute atomic E-state index is 11.9. The molecule has 0 saturated heterocycles. The number of hydrogen-bond donors (Lipinski definition) is 2. The fourth-order valence-corrected chi connectivity index (χ4v) is 1.78. The number of rotatable bonds is 5. The fraction of sp³-hybridized carbons (Fsp3) is 0.125. The molecule has 2 N–H and O–H groups in total. The van der Waals surface area contributed by atoms with Crippen molar-refractivity contribution in [3.8, 4) is 6.07 Å². The highest BCUT2D eigenvalue weighted by Crippen LogP contribution is 2.16. The number of nitrogens with zero attached hydrogens (tertiary/aromatic N) is 3. The van der Waals surface area contributed by atoms with Gasteiger partial charge in [-0.2, -0.15) is 5.26 Å². The molecule has 2 rings (SSSR count). The first kappa shape index (κ1) is 15.2. The van der Waals surface area contributed by atoms with Gasteiger partial charge in [0.2, 0.25) is 0 Å². The van der Waals surface area contributed by atoms with Crippen LogP contribution < -0.4 is 10.6 Å². The Kier molecular flexibility index (Phi) is 4.83. The third kappa shape index (κ3) is 3.90. The maximum Gasteiger partial charge on any atom is 0.270 e. The number of aromatic nitrogens is 2. The summed E-state index contributed by atoms with van der Waals surface area (Å²) in [7, 11) is 0. The van der Waals surface area contributed by atoms with Gasteiger partial charge in [-0.25, -0.2) is 9.97 Å². The van der Waals surface area contributed by atoms with Gasteiger partial charge in [0, 0.05) is 18.3 Å². The Hall–Kier alpha value is -3.20. The minimum absolute atomic E-state index is 0.283. The average molecular weight is 293 g/mol. The predicted octanol–water partition coefficient (Wildman–Crippen LogP) is 2.32. The molecule has 1 amide bonds. The molecule has 6 heteroatoms. The van der Waals surface area contributed by atoms with Crippen molar-refractivity contribution in [1.82, 2.24) is 15.3 Å². The smallest absolute Gasteiger partial charge is 0.270 e. The van der Waals surface area contributed by atoms with Gasteiger partial charge in [0.25, 0.3) is 5.91 Å². The van der Waals surface area contributed by atoms with E-state index in [-0.39, 0.29) is 11.6 Å². The van der Waals surface area contributed by atoms with E-state index in [1.54, 1.807) is 43.3 Å². The van der Waals surface area contributed by atoms with Crippen LogP contribution in [0, 0.1) is 18.3 Å². The molecule has 0 atom stereocenters. The lowest BCUT2D eigenvalue weighted by atomic mass is 10.2. The average Bonchev–Trinajstić information content (AvgIpc) is 2.52. The van der Waals surface area contributed by atoms with Crippen LogP contribution in [-0.2, 0) is 0 Å². The van der Waals surface area contributed by atoms with Crippen molar-refractivity contribution in [1.29, 1.82) is 5.26 Å². The molecule has 6 nitrogen and oxygen atoms in total. The topological polar surface area (TPSA) is 90.7 Å².